The van der Waals surface area contributed by atoms with Gasteiger partial charge in [0.15, 0.2) is 12.4 Å². The van der Waals surface area contributed by atoms with Crippen LogP contribution in [-0.4, -0.2) is 99.6 Å². The molecule has 8 unspecified atom stereocenters. The summed E-state index contributed by atoms with van der Waals surface area (Å²) in [5, 5.41) is 56.7. The van der Waals surface area contributed by atoms with Crippen LogP contribution in [0.5, 0.6) is 0 Å². The Kier molecular flexibility index (Phi) is 43.6. The number of hydrogen-bond donors (Lipinski definition) is 6. The normalized spacial score (nSPS) is 20.0. The Bertz CT molecular complexity index is 1200. The van der Waals surface area contributed by atoms with Gasteiger partial charge in [-0.3, -0.25) is 9.59 Å². The summed E-state index contributed by atoms with van der Waals surface area (Å²) in [4.78, 5) is 26.4. The molecule has 11 heteroatoms. The molecule has 0 aromatic carbocycles. The molecule has 0 aromatic rings. The third kappa shape index (κ3) is 34.5. The topological polar surface area (TPSA) is 175 Å². The van der Waals surface area contributed by atoms with Crippen molar-refractivity contribution < 1.29 is 49.3 Å². The van der Waals surface area contributed by atoms with E-state index in [1.54, 1.807) is 6.08 Å². The van der Waals surface area contributed by atoms with Crippen LogP contribution in [0.3, 0.4) is 0 Å². The summed E-state index contributed by atoms with van der Waals surface area (Å²) in [7, 11) is 0. The molecule has 1 heterocycles. The van der Waals surface area contributed by atoms with Gasteiger partial charge in [0.1, 0.15) is 24.4 Å². The molecule has 1 rings (SSSR count). The highest BCUT2D eigenvalue weighted by Crippen LogP contribution is 2.26. The fourth-order valence-corrected chi connectivity index (χ4v) is 9.00. The molecule has 0 radical (unpaired) electrons. The van der Waals surface area contributed by atoms with E-state index < -0.39 is 67.4 Å². The van der Waals surface area contributed by atoms with Gasteiger partial charge in [-0.15, -0.1) is 0 Å². The molecule has 6 N–H and O–H groups in total. The van der Waals surface area contributed by atoms with Crippen LogP contribution in [0.1, 0.15) is 265 Å². The van der Waals surface area contributed by atoms with Crippen molar-refractivity contribution in [2.75, 3.05) is 13.2 Å². The highest BCUT2D eigenvalue weighted by atomic mass is 16.7. The molecule has 0 aliphatic carbocycles. The minimum Gasteiger partial charge on any atom is -0.454 e. The number of rotatable bonds is 48. The van der Waals surface area contributed by atoms with Gasteiger partial charge in [-0.2, -0.15) is 0 Å². The Morgan fingerprint density at radius 1 is 0.559 bits per heavy atom. The first-order chi connectivity index (χ1) is 33.2. The predicted octanol–water partition coefficient (Wildman–Crippen LogP) is 12.6. The van der Waals surface area contributed by atoms with Gasteiger partial charge in [0.2, 0.25) is 5.91 Å². The Balaban J connectivity index is 2.75. The molecule has 1 fully saturated rings. The summed E-state index contributed by atoms with van der Waals surface area (Å²) >= 11 is 0. The fraction of sp³-hybridized carbons (Fsp3) is 0.895. The summed E-state index contributed by atoms with van der Waals surface area (Å²) < 4.78 is 17.5. The third-order valence-corrected chi connectivity index (χ3v) is 13.6. The minimum absolute atomic E-state index is 0.107. The maximum absolute atomic E-state index is 13.4. The van der Waals surface area contributed by atoms with Gasteiger partial charge in [0.05, 0.1) is 25.4 Å². The van der Waals surface area contributed by atoms with Crippen molar-refractivity contribution in [2.45, 2.75) is 314 Å². The highest BCUT2D eigenvalue weighted by molar-refractivity contribution is 5.80. The number of allylic oxidation sites excluding steroid dienone is 3. The predicted molar refractivity (Wildman–Crippen MR) is 278 cm³/mol. The molecule has 68 heavy (non-hydrogen) atoms. The number of ether oxygens (including phenoxy) is 3. The second-order valence-corrected chi connectivity index (χ2v) is 20.0. The maximum atomic E-state index is 13.4. The molecule has 0 bridgehead atoms. The second kappa shape index (κ2) is 46.2. The summed E-state index contributed by atoms with van der Waals surface area (Å²) in [6.07, 6.45) is 40.8. The number of unbranched alkanes of at least 4 members (excludes halogenated alkanes) is 32. The standard InChI is InChI=1S/C57H107NO10/c1-4-7-10-13-16-19-22-25-27-29-32-35-38-41-44-50(61)56(65)58-48(49(60)43-40-37-34-31-28-24-21-18-15-12-9-6-3)47-66-57-55(54(64)53(63)51(46-59)67-57)68-52(62)45-42-39-36-33-30-26-23-20-17-14-11-8-5-2/h26,30,40,43,48-51,53-55,57,59-61,63-64H,4-25,27-29,31-39,41-42,44-47H2,1-3H3,(H,58,65)/b30-26-,43-40+. The average Bonchev–Trinajstić information content (AvgIpc) is 3.33. The lowest BCUT2D eigenvalue weighted by atomic mass is 9.99. The van der Waals surface area contributed by atoms with Gasteiger partial charge in [-0.1, -0.05) is 231 Å². The first kappa shape index (κ1) is 64.2. The Morgan fingerprint density at radius 3 is 1.43 bits per heavy atom. The average molecular weight is 966 g/mol. The SMILES string of the molecule is CCCCCCCC/C=C\CCCCCC(=O)OC1C(OCC(NC(=O)C(O)CCCCCCCCCCCCCCCC)C(O)/C=C/CCCCCCCCCCCC)OC(CO)C(O)C1O. The van der Waals surface area contributed by atoms with Crippen LogP contribution < -0.4 is 5.32 Å². The molecule has 1 saturated heterocycles. The molecule has 1 amide bonds. The lowest BCUT2D eigenvalue weighted by Gasteiger charge is -2.41. The fourth-order valence-electron chi connectivity index (χ4n) is 9.00. The number of aliphatic hydroxyl groups excluding tert-OH is 5. The number of aliphatic hydroxyl groups is 5. The van der Waals surface area contributed by atoms with Crippen molar-refractivity contribution in [1.29, 1.82) is 0 Å². The van der Waals surface area contributed by atoms with Gasteiger partial charge < -0.3 is 45.1 Å². The first-order valence-corrected chi connectivity index (χ1v) is 28.6. The van der Waals surface area contributed by atoms with Crippen LogP contribution in [0.25, 0.3) is 0 Å². The zero-order valence-electron chi connectivity index (χ0n) is 44.0. The number of amides is 1. The Labute approximate surface area is 416 Å². The summed E-state index contributed by atoms with van der Waals surface area (Å²) in [5.74, 6) is -1.20. The molecule has 1 aliphatic heterocycles. The van der Waals surface area contributed by atoms with Crippen molar-refractivity contribution in [1.82, 2.24) is 5.32 Å². The molecule has 0 spiro atoms. The Morgan fingerprint density at radius 2 is 0.971 bits per heavy atom. The number of carbonyl (C=O) groups is 2. The van der Waals surface area contributed by atoms with E-state index in [4.69, 9.17) is 14.2 Å². The van der Waals surface area contributed by atoms with Crippen molar-refractivity contribution in [3.8, 4) is 0 Å². The van der Waals surface area contributed by atoms with Gasteiger partial charge in [0.25, 0.3) is 0 Å². The van der Waals surface area contributed by atoms with Crippen LogP contribution in [0.15, 0.2) is 24.3 Å². The van der Waals surface area contributed by atoms with E-state index in [0.29, 0.717) is 19.3 Å². The molecule has 11 nitrogen and oxygen atoms in total. The smallest absolute Gasteiger partial charge is 0.306 e. The van der Waals surface area contributed by atoms with Crippen LogP contribution >= 0.6 is 0 Å². The van der Waals surface area contributed by atoms with Crippen LogP contribution in [0.4, 0.5) is 0 Å². The lowest BCUT2D eigenvalue weighted by Crippen LogP contribution is -2.61. The minimum atomic E-state index is -1.61. The Hall–Kier alpha value is -1.86. The molecule has 1 aliphatic rings. The van der Waals surface area contributed by atoms with Crippen molar-refractivity contribution in [2.24, 2.45) is 0 Å². The van der Waals surface area contributed by atoms with Gasteiger partial charge >= 0.3 is 5.97 Å². The molecule has 400 valence electrons. The van der Waals surface area contributed by atoms with E-state index in [0.717, 1.165) is 64.2 Å². The molecular weight excluding hydrogens is 859 g/mol. The van der Waals surface area contributed by atoms with E-state index in [9.17, 15) is 35.1 Å². The zero-order chi connectivity index (χ0) is 49.7. The molecule has 8 atom stereocenters. The summed E-state index contributed by atoms with van der Waals surface area (Å²) in [5.41, 5.74) is 0. The number of esters is 1. The monoisotopic (exact) mass is 966 g/mol. The van der Waals surface area contributed by atoms with Crippen LogP contribution in [0.2, 0.25) is 0 Å². The van der Waals surface area contributed by atoms with E-state index in [1.807, 2.05) is 6.08 Å². The van der Waals surface area contributed by atoms with Crippen molar-refractivity contribution in [3.05, 3.63) is 24.3 Å². The van der Waals surface area contributed by atoms with Crippen molar-refractivity contribution >= 4 is 11.9 Å². The van der Waals surface area contributed by atoms with Crippen molar-refractivity contribution in [3.63, 3.8) is 0 Å². The quantitative estimate of drug-likeness (QED) is 0.0196. The summed E-state index contributed by atoms with van der Waals surface area (Å²) in [6.45, 7) is 5.77. The van der Waals surface area contributed by atoms with Gasteiger partial charge in [0, 0.05) is 6.42 Å². The van der Waals surface area contributed by atoms with Gasteiger partial charge in [-0.05, 0) is 51.4 Å². The molecule has 0 aromatic heterocycles. The lowest BCUT2D eigenvalue weighted by molar-refractivity contribution is -0.305. The first-order valence-electron chi connectivity index (χ1n) is 28.6. The highest BCUT2D eigenvalue weighted by Gasteiger charge is 2.47. The van der Waals surface area contributed by atoms with E-state index in [2.05, 4.69) is 38.2 Å². The molecular formula is C57H107NO10. The van der Waals surface area contributed by atoms with Gasteiger partial charge in [-0.25, -0.2) is 0 Å². The van der Waals surface area contributed by atoms with E-state index in [1.165, 1.54) is 154 Å². The maximum Gasteiger partial charge on any atom is 0.306 e. The van der Waals surface area contributed by atoms with Crippen LogP contribution in [-0.2, 0) is 23.8 Å². The largest absolute Gasteiger partial charge is 0.454 e. The summed E-state index contributed by atoms with van der Waals surface area (Å²) in [6, 6.07) is -1.02. The number of carbonyl (C=O) groups excluding carboxylic acids is 2. The zero-order valence-corrected chi connectivity index (χ0v) is 44.0. The molecule has 0 saturated carbocycles. The second-order valence-electron chi connectivity index (χ2n) is 20.0. The van der Waals surface area contributed by atoms with E-state index >= 15 is 0 Å². The third-order valence-electron chi connectivity index (χ3n) is 13.6. The number of nitrogens with one attached hydrogen (secondary N) is 1. The van der Waals surface area contributed by atoms with E-state index in [-0.39, 0.29) is 13.0 Å². The number of hydrogen-bond acceptors (Lipinski definition) is 10. The van der Waals surface area contributed by atoms with Crippen LogP contribution in [0, 0.1) is 0 Å².